The molecular formula is C12H24N2. The second-order valence-electron chi connectivity index (χ2n) is 5.00. The Morgan fingerprint density at radius 1 is 1.29 bits per heavy atom. The minimum atomic E-state index is 0.425. The van der Waals surface area contributed by atoms with Crippen LogP contribution in [0.1, 0.15) is 52.9 Å². The number of hydrogen-bond donors (Lipinski definition) is 1. The van der Waals surface area contributed by atoms with E-state index >= 15 is 0 Å². The van der Waals surface area contributed by atoms with Gasteiger partial charge >= 0.3 is 0 Å². The van der Waals surface area contributed by atoms with Crippen LogP contribution >= 0.6 is 0 Å². The number of hydrogen-bond acceptors (Lipinski definition) is 1. The molecular weight excluding hydrogens is 172 g/mol. The summed E-state index contributed by atoms with van der Waals surface area (Å²) in [5, 5.41) is 0. The van der Waals surface area contributed by atoms with Crippen LogP contribution in [0.15, 0.2) is 4.99 Å². The van der Waals surface area contributed by atoms with E-state index < -0.39 is 0 Å². The van der Waals surface area contributed by atoms with E-state index in [9.17, 15) is 0 Å². The van der Waals surface area contributed by atoms with Gasteiger partial charge in [0.2, 0.25) is 0 Å². The molecule has 1 fully saturated rings. The van der Waals surface area contributed by atoms with E-state index in [2.05, 4.69) is 25.8 Å². The first-order valence-electron chi connectivity index (χ1n) is 5.92. The fraction of sp³-hybridized carbons (Fsp3) is 0.917. The smallest absolute Gasteiger partial charge is 0.0971 e. The second kappa shape index (κ2) is 5.38. The third-order valence-electron chi connectivity index (χ3n) is 2.77. The van der Waals surface area contributed by atoms with E-state index in [4.69, 9.17) is 5.73 Å². The Hall–Kier alpha value is -0.530. The highest BCUT2D eigenvalue weighted by Crippen LogP contribution is 2.29. The summed E-state index contributed by atoms with van der Waals surface area (Å²) in [4.78, 5) is 4.53. The van der Waals surface area contributed by atoms with Gasteiger partial charge in [-0.1, -0.05) is 26.7 Å². The summed E-state index contributed by atoms with van der Waals surface area (Å²) in [5.41, 5.74) is 5.86. The first-order valence-corrected chi connectivity index (χ1v) is 5.92. The van der Waals surface area contributed by atoms with Gasteiger partial charge < -0.3 is 5.73 Å². The summed E-state index contributed by atoms with van der Waals surface area (Å²) in [5.74, 6) is 2.34. The maximum Gasteiger partial charge on any atom is 0.0971 e. The second-order valence-corrected chi connectivity index (χ2v) is 5.00. The molecule has 1 unspecified atom stereocenters. The normalized spacial score (nSPS) is 20.1. The standard InChI is InChI=1S/C12H24N2/c1-9(2)5-4-6-10(3)14-12(13)11-7-8-11/h9-11H,4-8H2,1-3H3,(H2,13,14). The lowest BCUT2D eigenvalue weighted by Gasteiger charge is -2.09. The van der Waals surface area contributed by atoms with Gasteiger partial charge in [-0.15, -0.1) is 0 Å². The number of aliphatic imine (C=N–C) groups is 1. The molecule has 0 bridgehead atoms. The molecule has 1 atom stereocenters. The van der Waals surface area contributed by atoms with Crippen molar-refractivity contribution in [1.29, 1.82) is 0 Å². The summed E-state index contributed by atoms with van der Waals surface area (Å²) < 4.78 is 0. The molecule has 0 radical (unpaired) electrons. The molecule has 0 heterocycles. The monoisotopic (exact) mass is 196 g/mol. The molecule has 1 aliphatic carbocycles. The minimum absolute atomic E-state index is 0.425. The van der Waals surface area contributed by atoms with E-state index in [1.165, 1.54) is 32.1 Å². The Morgan fingerprint density at radius 2 is 1.93 bits per heavy atom. The van der Waals surface area contributed by atoms with Crippen molar-refractivity contribution in [2.75, 3.05) is 0 Å². The third kappa shape index (κ3) is 4.64. The van der Waals surface area contributed by atoms with Gasteiger partial charge in [-0.05, 0) is 32.1 Å². The van der Waals surface area contributed by atoms with Crippen molar-refractivity contribution >= 4 is 5.84 Å². The highest BCUT2D eigenvalue weighted by molar-refractivity contribution is 5.85. The van der Waals surface area contributed by atoms with Crippen LogP contribution in [0.3, 0.4) is 0 Å². The molecule has 1 rings (SSSR count). The maximum absolute atomic E-state index is 5.86. The number of nitrogens with two attached hydrogens (primary N) is 1. The zero-order chi connectivity index (χ0) is 10.6. The SMILES string of the molecule is CC(C)CCCC(C)N=C(N)C1CC1. The van der Waals surface area contributed by atoms with Gasteiger partial charge in [-0.3, -0.25) is 4.99 Å². The molecule has 0 saturated heterocycles. The van der Waals surface area contributed by atoms with Crippen molar-refractivity contribution in [3.8, 4) is 0 Å². The van der Waals surface area contributed by atoms with Crippen LogP contribution in [-0.2, 0) is 0 Å². The number of nitrogens with zero attached hydrogens (tertiary/aromatic N) is 1. The van der Waals surface area contributed by atoms with Gasteiger partial charge in [0.1, 0.15) is 0 Å². The van der Waals surface area contributed by atoms with Gasteiger partial charge in [0.05, 0.1) is 5.84 Å². The van der Waals surface area contributed by atoms with Crippen molar-refractivity contribution in [3.05, 3.63) is 0 Å². The fourth-order valence-corrected chi connectivity index (χ4v) is 1.63. The van der Waals surface area contributed by atoms with Crippen LogP contribution in [0.25, 0.3) is 0 Å². The topological polar surface area (TPSA) is 38.4 Å². The summed E-state index contributed by atoms with van der Waals surface area (Å²) in [6.07, 6.45) is 6.29. The fourth-order valence-electron chi connectivity index (χ4n) is 1.63. The van der Waals surface area contributed by atoms with Gasteiger partial charge in [-0.25, -0.2) is 0 Å². The van der Waals surface area contributed by atoms with Gasteiger partial charge in [0, 0.05) is 12.0 Å². The molecule has 0 aliphatic heterocycles. The van der Waals surface area contributed by atoms with E-state index in [0.29, 0.717) is 12.0 Å². The van der Waals surface area contributed by atoms with Crippen molar-refractivity contribution in [2.24, 2.45) is 22.6 Å². The van der Waals surface area contributed by atoms with E-state index in [1.807, 2.05) is 0 Å². The molecule has 82 valence electrons. The molecule has 14 heavy (non-hydrogen) atoms. The predicted molar refractivity (Wildman–Crippen MR) is 62.5 cm³/mol. The largest absolute Gasteiger partial charge is 0.387 e. The summed E-state index contributed by atoms with van der Waals surface area (Å²) in [6, 6.07) is 0.425. The van der Waals surface area contributed by atoms with Crippen molar-refractivity contribution in [2.45, 2.75) is 58.9 Å². The maximum atomic E-state index is 5.86. The minimum Gasteiger partial charge on any atom is -0.387 e. The van der Waals surface area contributed by atoms with Crippen LogP contribution in [-0.4, -0.2) is 11.9 Å². The summed E-state index contributed by atoms with van der Waals surface area (Å²) in [6.45, 7) is 6.72. The Labute approximate surface area is 88.0 Å². The van der Waals surface area contributed by atoms with Gasteiger partial charge in [0.15, 0.2) is 0 Å². The first-order chi connectivity index (χ1) is 6.59. The van der Waals surface area contributed by atoms with E-state index in [0.717, 1.165) is 11.8 Å². The quantitative estimate of drug-likeness (QED) is 0.515. The molecule has 0 aromatic carbocycles. The van der Waals surface area contributed by atoms with Crippen LogP contribution in [0.4, 0.5) is 0 Å². The van der Waals surface area contributed by atoms with Gasteiger partial charge in [-0.2, -0.15) is 0 Å². The third-order valence-corrected chi connectivity index (χ3v) is 2.77. The van der Waals surface area contributed by atoms with Crippen LogP contribution in [0.2, 0.25) is 0 Å². The number of rotatable bonds is 6. The molecule has 2 N–H and O–H groups in total. The van der Waals surface area contributed by atoms with Gasteiger partial charge in [0.25, 0.3) is 0 Å². The molecule has 0 amide bonds. The Kier molecular flexibility index (Phi) is 4.43. The van der Waals surface area contributed by atoms with E-state index in [-0.39, 0.29) is 0 Å². The van der Waals surface area contributed by atoms with E-state index in [1.54, 1.807) is 0 Å². The molecule has 2 heteroatoms. The average Bonchev–Trinajstić information content (AvgIpc) is 2.84. The molecule has 0 aromatic heterocycles. The molecule has 0 spiro atoms. The lowest BCUT2D eigenvalue weighted by Crippen LogP contribution is -2.17. The highest BCUT2D eigenvalue weighted by Gasteiger charge is 2.25. The first kappa shape index (κ1) is 11.5. The Balaban J connectivity index is 2.14. The summed E-state index contributed by atoms with van der Waals surface area (Å²) in [7, 11) is 0. The van der Waals surface area contributed by atoms with Crippen molar-refractivity contribution < 1.29 is 0 Å². The summed E-state index contributed by atoms with van der Waals surface area (Å²) >= 11 is 0. The molecule has 1 aliphatic rings. The van der Waals surface area contributed by atoms with Crippen molar-refractivity contribution in [1.82, 2.24) is 0 Å². The van der Waals surface area contributed by atoms with Crippen LogP contribution in [0, 0.1) is 11.8 Å². The molecule has 1 saturated carbocycles. The zero-order valence-electron chi connectivity index (χ0n) is 9.79. The lowest BCUT2D eigenvalue weighted by molar-refractivity contribution is 0.511. The van der Waals surface area contributed by atoms with Crippen LogP contribution < -0.4 is 5.73 Å². The van der Waals surface area contributed by atoms with Crippen LogP contribution in [0.5, 0.6) is 0 Å². The Bertz CT molecular complexity index is 192. The molecule has 2 nitrogen and oxygen atoms in total. The predicted octanol–water partition coefficient (Wildman–Crippen LogP) is 2.97. The highest BCUT2D eigenvalue weighted by atomic mass is 14.9. The molecule has 0 aromatic rings. The lowest BCUT2D eigenvalue weighted by atomic mass is 10.0. The zero-order valence-corrected chi connectivity index (χ0v) is 9.79. The Morgan fingerprint density at radius 3 is 2.43 bits per heavy atom. The number of amidine groups is 1. The average molecular weight is 196 g/mol. The van der Waals surface area contributed by atoms with Crippen molar-refractivity contribution in [3.63, 3.8) is 0 Å².